The van der Waals surface area contributed by atoms with E-state index >= 15 is 0 Å². The van der Waals surface area contributed by atoms with Crippen LogP contribution >= 0.6 is 0 Å². The van der Waals surface area contributed by atoms with Gasteiger partial charge in [-0.2, -0.15) is 0 Å². The normalized spacial score (nSPS) is 15.2. The highest BCUT2D eigenvalue weighted by atomic mass is 16.5. The molecule has 1 N–H and O–H groups in total. The van der Waals surface area contributed by atoms with Crippen LogP contribution in [0.15, 0.2) is 18.2 Å². The topological polar surface area (TPSA) is 29.5 Å². The summed E-state index contributed by atoms with van der Waals surface area (Å²) in [5.74, 6) is 6.95. The molecule has 0 spiro atoms. The molecule has 0 unspecified atom stereocenters. The van der Waals surface area contributed by atoms with Crippen LogP contribution in [0.2, 0.25) is 0 Å². The molecule has 2 rings (SSSR count). The summed E-state index contributed by atoms with van der Waals surface area (Å²) in [7, 11) is 0. The summed E-state index contributed by atoms with van der Waals surface area (Å²) in [5.41, 5.74) is 2.12. The van der Waals surface area contributed by atoms with Crippen molar-refractivity contribution in [2.45, 2.75) is 45.1 Å². The van der Waals surface area contributed by atoms with Crippen LogP contribution in [0.25, 0.3) is 0 Å². The van der Waals surface area contributed by atoms with Gasteiger partial charge in [-0.1, -0.05) is 11.8 Å². The maximum absolute atomic E-state index is 8.68. The fourth-order valence-electron chi connectivity index (χ4n) is 2.27. The first-order valence-electron chi connectivity index (χ1n) is 6.66. The van der Waals surface area contributed by atoms with E-state index in [0.29, 0.717) is 12.5 Å². The summed E-state index contributed by atoms with van der Waals surface area (Å²) < 4.78 is 6.00. The van der Waals surface area contributed by atoms with Crippen molar-refractivity contribution < 1.29 is 9.84 Å². The van der Waals surface area contributed by atoms with Gasteiger partial charge in [0.2, 0.25) is 0 Å². The van der Waals surface area contributed by atoms with Gasteiger partial charge in [-0.25, -0.2) is 0 Å². The first-order valence-corrected chi connectivity index (χ1v) is 6.66. The van der Waals surface area contributed by atoms with Gasteiger partial charge >= 0.3 is 0 Å². The standard InChI is InChI=1S/C16H20O2/c1-13-12-14(6-4-5-11-17)9-10-16(13)18-15-7-2-3-8-15/h9-10,12,15,17H,2-3,5,7-8,11H2,1H3. The minimum absolute atomic E-state index is 0.120. The second-order valence-corrected chi connectivity index (χ2v) is 4.78. The van der Waals surface area contributed by atoms with Crippen LogP contribution in [0.1, 0.15) is 43.2 Å². The van der Waals surface area contributed by atoms with Crippen LogP contribution in [-0.2, 0) is 0 Å². The van der Waals surface area contributed by atoms with E-state index in [4.69, 9.17) is 9.84 Å². The molecule has 1 aromatic rings. The average molecular weight is 244 g/mol. The van der Waals surface area contributed by atoms with Gasteiger partial charge in [0.25, 0.3) is 0 Å². The van der Waals surface area contributed by atoms with Crippen LogP contribution in [0.4, 0.5) is 0 Å². The molecule has 2 heteroatoms. The molecular formula is C16H20O2. The van der Waals surface area contributed by atoms with Crippen molar-refractivity contribution in [3.05, 3.63) is 29.3 Å². The molecule has 0 radical (unpaired) electrons. The van der Waals surface area contributed by atoms with E-state index in [1.807, 2.05) is 12.1 Å². The molecule has 0 aromatic heterocycles. The predicted molar refractivity (Wildman–Crippen MR) is 72.6 cm³/mol. The first-order chi connectivity index (χ1) is 8.79. The SMILES string of the molecule is Cc1cc(C#CCCO)ccc1OC1CCCC1. The van der Waals surface area contributed by atoms with Crippen LogP contribution in [0.5, 0.6) is 5.75 Å². The smallest absolute Gasteiger partial charge is 0.122 e. The number of aryl methyl sites for hydroxylation is 1. The summed E-state index contributed by atoms with van der Waals surface area (Å²) in [4.78, 5) is 0. The third-order valence-corrected chi connectivity index (χ3v) is 3.24. The second kappa shape index (κ2) is 6.47. The zero-order valence-electron chi connectivity index (χ0n) is 10.9. The monoisotopic (exact) mass is 244 g/mol. The molecule has 1 aliphatic carbocycles. The van der Waals surface area contributed by atoms with Gasteiger partial charge in [-0.05, 0) is 56.4 Å². The van der Waals surface area contributed by atoms with Gasteiger partial charge in [0, 0.05) is 12.0 Å². The Morgan fingerprint density at radius 3 is 2.78 bits per heavy atom. The average Bonchev–Trinajstić information content (AvgIpc) is 2.86. The van der Waals surface area contributed by atoms with Gasteiger partial charge in [0.05, 0.1) is 12.7 Å². The lowest BCUT2D eigenvalue weighted by atomic mass is 10.1. The molecule has 0 amide bonds. The van der Waals surface area contributed by atoms with Gasteiger partial charge in [-0.3, -0.25) is 0 Å². The molecule has 1 aromatic carbocycles. The maximum atomic E-state index is 8.68. The Labute approximate surface area is 109 Å². The van der Waals surface area contributed by atoms with Crippen LogP contribution in [0.3, 0.4) is 0 Å². The number of aliphatic hydroxyl groups is 1. The number of hydrogen-bond acceptors (Lipinski definition) is 2. The Kier molecular flexibility index (Phi) is 4.66. The fourth-order valence-corrected chi connectivity index (χ4v) is 2.27. The van der Waals surface area contributed by atoms with Crippen molar-refractivity contribution in [3.8, 4) is 17.6 Å². The largest absolute Gasteiger partial charge is 0.490 e. The molecule has 1 aliphatic rings. The van der Waals surface area contributed by atoms with Crippen molar-refractivity contribution in [1.29, 1.82) is 0 Å². The van der Waals surface area contributed by atoms with E-state index < -0.39 is 0 Å². The highest BCUT2D eigenvalue weighted by Gasteiger charge is 2.17. The number of hydrogen-bond donors (Lipinski definition) is 1. The van der Waals surface area contributed by atoms with E-state index in [9.17, 15) is 0 Å². The third-order valence-electron chi connectivity index (χ3n) is 3.24. The molecule has 2 nitrogen and oxygen atoms in total. The van der Waals surface area contributed by atoms with Gasteiger partial charge in [0.15, 0.2) is 0 Å². The molecule has 0 bridgehead atoms. The molecule has 18 heavy (non-hydrogen) atoms. The molecular weight excluding hydrogens is 224 g/mol. The second-order valence-electron chi connectivity index (χ2n) is 4.78. The molecule has 0 heterocycles. The summed E-state index contributed by atoms with van der Waals surface area (Å²) in [6.07, 6.45) is 5.85. The molecule has 1 fully saturated rings. The van der Waals surface area contributed by atoms with E-state index in [1.165, 1.54) is 25.7 Å². The number of ether oxygens (including phenoxy) is 1. The number of benzene rings is 1. The molecule has 0 atom stereocenters. The quantitative estimate of drug-likeness (QED) is 0.828. The molecule has 1 saturated carbocycles. The minimum atomic E-state index is 0.120. The van der Waals surface area contributed by atoms with Gasteiger partial charge < -0.3 is 9.84 Å². The van der Waals surface area contributed by atoms with E-state index in [1.54, 1.807) is 0 Å². The van der Waals surface area contributed by atoms with E-state index in [2.05, 4.69) is 24.8 Å². The third kappa shape index (κ3) is 3.51. The summed E-state index contributed by atoms with van der Waals surface area (Å²) >= 11 is 0. The van der Waals surface area contributed by atoms with Crippen molar-refractivity contribution in [3.63, 3.8) is 0 Å². The van der Waals surface area contributed by atoms with Crippen LogP contribution < -0.4 is 4.74 Å². The van der Waals surface area contributed by atoms with Crippen molar-refractivity contribution in [2.75, 3.05) is 6.61 Å². The van der Waals surface area contributed by atoms with Crippen molar-refractivity contribution in [2.24, 2.45) is 0 Å². The lowest BCUT2D eigenvalue weighted by Crippen LogP contribution is -2.11. The Hall–Kier alpha value is -1.46. The Morgan fingerprint density at radius 2 is 2.11 bits per heavy atom. The first kappa shape index (κ1) is 13.0. The summed E-state index contributed by atoms with van der Waals surface area (Å²) in [6, 6.07) is 6.05. The van der Waals surface area contributed by atoms with Gasteiger partial charge in [0.1, 0.15) is 5.75 Å². The Bertz CT molecular complexity index is 448. The van der Waals surface area contributed by atoms with Crippen LogP contribution in [0, 0.1) is 18.8 Å². The zero-order chi connectivity index (χ0) is 12.8. The van der Waals surface area contributed by atoms with Crippen molar-refractivity contribution >= 4 is 0 Å². The lowest BCUT2D eigenvalue weighted by Gasteiger charge is -2.15. The Morgan fingerprint density at radius 1 is 1.33 bits per heavy atom. The molecule has 96 valence electrons. The highest BCUT2D eigenvalue weighted by molar-refractivity contribution is 5.43. The fraction of sp³-hybridized carbons (Fsp3) is 0.500. The number of aliphatic hydroxyl groups excluding tert-OH is 1. The minimum Gasteiger partial charge on any atom is -0.490 e. The molecule has 0 saturated heterocycles. The maximum Gasteiger partial charge on any atom is 0.122 e. The lowest BCUT2D eigenvalue weighted by molar-refractivity contribution is 0.208. The van der Waals surface area contributed by atoms with Crippen LogP contribution in [-0.4, -0.2) is 17.8 Å². The Balaban J connectivity index is 2.03. The summed E-state index contributed by atoms with van der Waals surface area (Å²) in [6.45, 7) is 2.18. The van der Waals surface area contributed by atoms with E-state index in [-0.39, 0.29) is 6.61 Å². The molecule has 0 aliphatic heterocycles. The summed E-state index contributed by atoms with van der Waals surface area (Å²) in [5, 5.41) is 8.68. The van der Waals surface area contributed by atoms with Gasteiger partial charge in [-0.15, -0.1) is 0 Å². The number of rotatable bonds is 3. The predicted octanol–water partition coefficient (Wildman–Crippen LogP) is 3.05. The zero-order valence-corrected chi connectivity index (χ0v) is 10.9. The highest BCUT2D eigenvalue weighted by Crippen LogP contribution is 2.26. The van der Waals surface area contributed by atoms with E-state index in [0.717, 1.165) is 16.9 Å². The van der Waals surface area contributed by atoms with Crippen molar-refractivity contribution in [1.82, 2.24) is 0 Å².